The molecule has 0 aliphatic rings. The van der Waals surface area contributed by atoms with E-state index in [2.05, 4.69) is 9.97 Å². The van der Waals surface area contributed by atoms with Crippen LogP contribution in [0.3, 0.4) is 0 Å². The first kappa shape index (κ1) is 10.4. The van der Waals surface area contributed by atoms with E-state index in [1.54, 1.807) is 6.07 Å². The van der Waals surface area contributed by atoms with E-state index in [1.165, 1.54) is 11.3 Å². The molecule has 0 unspecified atom stereocenters. The summed E-state index contributed by atoms with van der Waals surface area (Å²) in [5.41, 5.74) is 6.54. The summed E-state index contributed by atoms with van der Waals surface area (Å²) < 4.78 is 0.750. The fraction of sp³-hybridized carbons (Fsp3) is 0.200. The Hall–Kier alpha value is -1.13. The monoisotopic (exact) mass is 239 g/mol. The second-order valence-corrected chi connectivity index (χ2v) is 4.77. The fourth-order valence-electron chi connectivity index (χ4n) is 1.25. The van der Waals surface area contributed by atoms with Gasteiger partial charge in [0.1, 0.15) is 11.6 Å². The number of rotatable bonds is 2. The number of aromatic nitrogens is 2. The van der Waals surface area contributed by atoms with Crippen LogP contribution in [-0.2, 0) is 6.42 Å². The van der Waals surface area contributed by atoms with Crippen molar-refractivity contribution in [2.45, 2.75) is 13.3 Å². The minimum Gasteiger partial charge on any atom is -0.384 e. The Balaban J connectivity index is 2.48. The molecular weight excluding hydrogens is 230 g/mol. The smallest absolute Gasteiger partial charge is 0.131 e. The van der Waals surface area contributed by atoms with Crippen molar-refractivity contribution in [1.82, 2.24) is 9.97 Å². The van der Waals surface area contributed by atoms with E-state index in [4.69, 9.17) is 17.3 Å². The summed E-state index contributed by atoms with van der Waals surface area (Å²) >= 11 is 7.36. The number of nitrogens with zero attached hydrogens (tertiary/aromatic N) is 2. The third-order valence-corrected chi connectivity index (χ3v) is 3.19. The molecule has 2 N–H and O–H groups in total. The van der Waals surface area contributed by atoms with Gasteiger partial charge in [0.15, 0.2) is 0 Å². The van der Waals surface area contributed by atoms with Crippen LogP contribution in [0.1, 0.15) is 12.7 Å². The molecule has 5 heteroatoms. The number of anilines is 1. The summed E-state index contributed by atoms with van der Waals surface area (Å²) in [5, 5.41) is 0. The van der Waals surface area contributed by atoms with E-state index in [0.717, 1.165) is 27.2 Å². The Morgan fingerprint density at radius 3 is 2.80 bits per heavy atom. The van der Waals surface area contributed by atoms with Crippen molar-refractivity contribution in [3.05, 3.63) is 28.4 Å². The van der Waals surface area contributed by atoms with Crippen LogP contribution in [0.15, 0.2) is 18.2 Å². The van der Waals surface area contributed by atoms with Crippen molar-refractivity contribution in [1.29, 1.82) is 0 Å². The summed E-state index contributed by atoms with van der Waals surface area (Å²) in [5.74, 6) is 1.26. The number of nitrogen functional groups attached to an aromatic ring is 1. The number of hydrogen-bond acceptors (Lipinski definition) is 4. The van der Waals surface area contributed by atoms with Gasteiger partial charge >= 0.3 is 0 Å². The molecule has 0 saturated heterocycles. The lowest BCUT2D eigenvalue weighted by Crippen LogP contribution is -1.99. The van der Waals surface area contributed by atoms with Gasteiger partial charge in [-0.1, -0.05) is 18.5 Å². The Kier molecular flexibility index (Phi) is 2.88. The van der Waals surface area contributed by atoms with E-state index in [1.807, 2.05) is 19.1 Å². The number of thiophene rings is 1. The highest BCUT2D eigenvalue weighted by molar-refractivity contribution is 7.19. The minimum absolute atomic E-state index is 0.501. The maximum Gasteiger partial charge on any atom is 0.131 e. The van der Waals surface area contributed by atoms with Gasteiger partial charge in [-0.2, -0.15) is 0 Å². The Morgan fingerprint density at radius 2 is 2.20 bits per heavy atom. The van der Waals surface area contributed by atoms with Crippen molar-refractivity contribution >= 4 is 28.8 Å². The van der Waals surface area contributed by atoms with E-state index in [-0.39, 0.29) is 0 Å². The lowest BCUT2D eigenvalue weighted by molar-refractivity contribution is 0.950. The average Bonchev–Trinajstić information content (AvgIpc) is 2.64. The summed E-state index contributed by atoms with van der Waals surface area (Å²) in [7, 11) is 0. The molecule has 2 aromatic heterocycles. The molecule has 0 atom stereocenters. The second-order valence-electron chi connectivity index (χ2n) is 3.05. The van der Waals surface area contributed by atoms with Crippen molar-refractivity contribution < 1.29 is 0 Å². The molecular formula is C10H10ClN3S. The van der Waals surface area contributed by atoms with E-state index < -0.39 is 0 Å². The number of halogens is 1. The molecule has 0 amide bonds. The summed E-state index contributed by atoms with van der Waals surface area (Å²) in [6.45, 7) is 2.00. The van der Waals surface area contributed by atoms with Gasteiger partial charge in [0.25, 0.3) is 0 Å². The SMILES string of the molecule is CCc1nc(N)cc(-c2ccc(Cl)s2)n1. The van der Waals surface area contributed by atoms with E-state index in [0.29, 0.717) is 5.82 Å². The van der Waals surface area contributed by atoms with Gasteiger partial charge in [-0.05, 0) is 12.1 Å². The molecule has 0 spiro atoms. The van der Waals surface area contributed by atoms with Crippen LogP contribution >= 0.6 is 22.9 Å². The highest BCUT2D eigenvalue weighted by Gasteiger charge is 2.06. The van der Waals surface area contributed by atoms with Gasteiger partial charge in [0.2, 0.25) is 0 Å². The van der Waals surface area contributed by atoms with Crippen molar-refractivity contribution in [2.24, 2.45) is 0 Å². The molecule has 0 saturated carbocycles. The highest BCUT2D eigenvalue weighted by atomic mass is 35.5. The first-order valence-corrected chi connectivity index (χ1v) is 5.77. The largest absolute Gasteiger partial charge is 0.384 e. The highest BCUT2D eigenvalue weighted by Crippen LogP contribution is 2.30. The van der Waals surface area contributed by atoms with Crippen LogP contribution in [-0.4, -0.2) is 9.97 Å². The average molecular weight is 240 g/mol. The molecule has 78 valence electrons. The molecule has 0 fully saturated rings. The molecule has 2 heterocycles. The van der Waals surface area contributed by atoms with Gasteiger partial charge in [-0.15, -0.1) is 11.3 Å². The van der Waals surface area contributed by atoms with Gasteiger partial charge in [0, 0.05) is 12.5 Å². The van der Waals surface area contributed by atoms with E-state index >= 15 is 0 Å². The molecule has 0 bridgehead atoms. The maximum absolute atomic E-state index is 5.87. The van der Waals surface area contributed by atoms with Crippen LogP contribution in [0, 0.1) is 0 Å². The molecule has 0 aromatic carbocycles. The Morgan fingerprint density at radius 1 is 1.40 bits per heavy atom. The zero-order valence-corrected chi connectivity index (χ0v) is 9.77. The predicted molar refractivity (Wildman–Crippen MR) is 64.1 cm³/mol. The van der Waals surface area contributed by atoms with Crippen LogP contribution in [0.2, 0.25) is 4.34 Å². The molecule has 0 radical (unpaired) electrons. The van der Waals surface area contributed by atoms with Gasteiger partial charge in [-0.25, -0.2) is 9.97 Å². The first-order valence-electron chi connectivity index (χ1n) is 4.58. The molecule has 2 rings (SSSR count). The van der Waals surface area contributed by atoms with Crippen molar-refractivity contribution in [3.63, 3.8) is 0 Å². The normalized spacial score (nSPS) is 10.5. The molecule has 15 heavy (non-hydrogen) atoms. The Labute approximate surface area is 96.9 Å². The molecule has 0 aliphatic carbocycles. The summed E-state index contributed by atoms with van der Waals surface area (Å²) in [4.78, 5) is 9.54. The fourth-order valence-corrected chi connectivity index (χ4v) is 2.26. The van der Waals surface area contributed by atoms with Crippen LogP contribution in [0.5, 0.6) is 0 Å². The van der Waals surface area contributed by atoms with Gasteiger partial charge in [-0.3, -0.25) is 0 Å². The summed E-state index contributed by atoms with van der Waals surface area (Å²) in [6, 6.07) is 5.56. The van der Waals surface area contributed by atoms with Gasteiger partial charge < -0.3 is 5.73 Å². The zero-order chi connectivity index (χ0) is 10.8. The minimum atomic E-state index is 0.501. The predicted octanol–water partition coefficient (Wildman–Crippen LogP) is 3.00. The molecule has 3 nitrogen and oxygen atoms in total. The number of aryl methyl sites for hydroxylation is 1. The topological polar surface area (TPSA) is 51.8 Å². The second kappa shape index (κ2) is 4.16. The maximum atomic E-state index is 5.87. The molecule has 2 aromatic rings. The van der Waals surface area contributed by atoms with Crippen molar-refractivity contribution in [3.8, 4) is 10.6 Å². The zero-order valence-electron chi connectivity index (χ0n) is 8.20. The van der Waals surface area contributed by atoms with E-state index in [9.17, 15) is 0 Å². The standard InChI is InChI=1S/C10H10ClN3S/c1-2-10-13-6(5-9(12)14-10)7-3-4-8(11)15-7/h3-5H,2H2,1H3,(H2,12,13,14). The number of hydrogen-bond donors (Lipinski definition) is 1. The van der Waals surface area contributed by atoms with Crippen molar-refractivity contribution in [2.75, 3.05) is 5.73 Å². The van der Waals surface area contributed by atoms with Crippen LogP contribution in [0.4, 0.5) is 5.82 Å². The lowest BCUT2D eigenvalue weighted by Gasteiger charge is -2.01. The quantitative estimate of drug-likeness (QED) is 0.877. The third kappa shape index (κ3) is 2.27. The first-order chi connectivity index (χ1) is 7.19. The Bertz CT molecular complexity index is 481. The third-order valence-electron chi connectivity index (χ3n) is 1.93. The van der Waals surface area contributed by atoms with Gasteiger partial charge in [0.05, 0.1) is 14.9 Å². The summed E-state index contributed by atoms with van der Waals surface area (Å²) in [6.07, 6.45) is 0.775. The lowest BCUT2D eigenvalue weighted by atomic mass is 10.3. The number of nitrogens with two attached hydrogens (primary N) is 1. The van der Waals surface area contributed by atoms with Crippen LogP contribution < -0.4 is 5.73 Å². The van der Waals surface area contributed by atoms with Crippen LogP contribution in [0.25, 0.3) is 10.6 Å². The molecule has 0 aliphatic heterocycles.